The Morgan fingerprint density at radius 1 is 1.17 bits per heavy atom. The molecule has 1 atom stereocenters. The predicted octanol–water partition coefficient (Wildman–Crippen LogP) is 5.57. The zero-order valence-electron chi connectivity index (χ0n) is 16.2. The summed E-state index contributed by atoms with van der Waals surface area (Å²) in [5.41, 5.74) is 1.58. The summed E-state index contributed by atoms with van der Waals surface area (Å²) >= 11 is 7.31. The van der Waals surface area contributed by atoms with Gasteiger partial charge in [-0.1, -0.05) is 37.6 Å². The van der Waals surface area contributed by atoms with Gasteiger partial charge in [0.2, 0.25) is 5.91 Å². The summed E-state index contributed by atoms with van der Waals surface area (Å²) in [5.74, 6) is 0.466. The second-order valence-corrected chi connectivity index (χ2v) is 8.37. The lowest BCUT2D eigenvalue weighted by Crippen LogP contribution is -2.32. The lowest BCUT2D eigenvalue weighted by atomic mass is 9.96. The molecule has 1 unspecified atom stereocenters. The van der Waals surface area contributed by atoms with Crippen molar-refractivity contribution in [2.75, 3.05) is 0 Å². The Morgan fingerprint density at radius 2 is 1.86 bits per heavy atom. The maximum atomic E-state index is 13.2. The molecule has 0 aliphatic rings. The van der Waals surface area contributed by atoms with Crippen LogP contribution in [0, 0.1) is 11.7 Å². The Bertz CT molecular complexity index is 942. The Morgan fingerprint density at radius 3 is 2.52 bits per heavy atom. The van der Waals surface area contributed by atoms with Crippen molar-refractivity contribution in [3.05, 3.63) is 81.0 Å². The van der Waals surface area contributed by atoms with Crippen LogP contribution in [-0.2, 0) is 17.8 Å². The van der Waals surface area contributed by atoms with E-state index in [1.54, 1.807) is 36.4 Å². The highest BCUT2D eigenvalue weighted by Crippen LogP contribution is 2.22. The first-order valence-electron chi connectivity index (χ1n) is 9.27. The van der Waals surface area contributed by atoms with E-state index in [0.717, 1.165) is 10.6 Å². The van der Waals surface area contributed by atoms with Crippen molar-refractivity contribution < 1.29 is 13.9 Å². The van der Waals surface area contributed by atoms with Gasteiger partial charge in [0, 0.05) is 10.4 Å². The minimum atomic E-state index is -0.293. The van der Waals surface area contributed by atoms with Crippen LogP contribution < -0.4 is 10.1 Å². The molecule has 1 N–H and O–H groups in total. The van der Waals surface area contributed by atoms with Crippen LogP contribution in [0.3, 0.4) is 0 Å². The number of hydrogen-bond acceptors (Lipinski definition) is 4. The number of hydrogen-bond donors (Lipinski definition) is 1. The summed E-state index contributed by atoms with van der Waals surface area (Å²) in [7, 11) is 0. The van der Waals surface area contributed by atoms with Gasteiger partial charge in [0.05, 0.1) is 18.2 Å². The van der Waals surface area contributed by atoms with Gasteiger partial charge in [0.25, 0.3) is 0 Å². The molecular formula is C22H22ClFN2O2S. The Balaban J connectivity index is 1.56. The number of amides is 1. The van der Waals surface area contributed by atoms with E-state index in [0.29, 0.717) is 23.1 Å². The minimum absolute atomic E-state index is 0.122. The van der Waals surface area contributed by atoms with Gasteiger partial charge in [-0.3, -0.25) is 4.79 Å². The normalized spacial score (nSPS) is 12.0. The van der Waals surface area contributed by atoms with Gasteiger partial charge in [-0.2, -0.15) is 0 Å². The third-order valence-electron chi connectivity index (χ3n) is 4.33. The molecule has 0 bridgehead atoms. The zero-order valence-corrected chi connectivity index (χ0v) is 17.8. The molecule has 0 aliphatic carbocycles. The SMILES string of the molecule is CC(C)C(NC(=O)Cc1csc(COc2ccc(Cl)cc2)n1)c1ccc(F)cc1. The first-order valence-corrected chi connectivity index (χ1v) is 10.5. The molecule has 152 valence electrons. The van der Waals surface area contributed by atoms with Crippen molar-refractivity contribution >= 4 is 28.8 Å². The van der Waals surface area contributed by atoms with E-state index in [1.165, 1.54) is 23.5 Å². The molecule has 1 heterocycles. The van der Waals surface area contributed by atoms with Crippen LogP contribution in [-0.4, -0.2) is 10.9 Å². The molecule has 0 radical (unpaired) electrons. The number of carbonyl (C=O) groups is 1. The molecule has 0 saturated heterocycles. The molecule has 29 heavy (non-hydrogen) atoms. The smallest absolute Gasteiger partial charge is 0.226 e. The molecule has 3 rings (SSSR count). The number of carbonyl (C=O) groups excluding carboxylic acids is 1. The van der Waals surface area contributed by atoms with Crippen molar-refractivity contribution in [1.82, 2.24) is 10.3 Å². The van der Waals surface area contributed by atoms with Crippen molar-refractivity contribution in [2.45, 2.75) is 32.9 Å². The lowest BCUT2D eigenvalue weighted by molar-refractivity contribution is -0.121. The van der Waals surface area contributed by atoms with E-state index in [9.17, 15) is 9.18 Å². The van der Waals surface area contributed by atoms with E-state index >= 15 is 0 Å². The fourth-order valence-electron chi connectivity index (χ4n) is 2.87. The van der Waals surface area contributed by atoms with Crippen molar-refractivity contribution in [3.63, 3.8) is 0 Å². The lowest BCUT2D eigenvalue weighted by Gasteiger charge is -2.22. The molecular weight excluding hydrogens is 411 g/mol. The standard InChI is InChI=1S/C22H22ClFN2O2S/c1-14(2)22(15-3-7-17(24)8-4-15)26-20(27)11-18-13-29-21(25-18)12-28-19-9-5-16(23)6-10-19/h3-10,13-14,22H,11-12H2,1-2H3,(H,26,27). The number of thiazole rings is 1. The minimum Gasteiger partial charge on any atom is -0.486 e. The van der Waals surface area contributed by atoms with E-state index in [1.807, 2.05) is 19.2 Å². The number of aromatic nitrogens is 1. The number of nitrogens with zero attached hydrogens (tertiary/aromatic N) is 1. The van der Waals surface area contributed by atoms with Crippen molar-refractivity contribution in [3.8, 4) is 5.75 Å². The number of rotatable bonds is 8. The molecule has 7 heteroatoms. The molecule has 0 fully saturated rings. The summed E-state index contributed by atoms with van der Waals surface area (Å²) in [6.07, 6.45) is 0.182. The van der Waals surface area contributed by atoms with Gasteiger partial charge in [0.15, 0.2) is 0 Å². The third-order valence-corrected chi connectivity index (χ3v) is 5.45. The number of ether oxygens (including phenoxy) is 1. The summed E-state index contributed by atoms with van der Waals surface area (Å²) in [4.78, 5) is 17.0. The van der Waals surface area contributed by atoms with Crippen LogP contribution in [0.4, 0.5) is 4.39 Å². The van der Waals surface area contributed by atoms with Crippen LogP contribution in [0.5, 0.6) is 5.75 Å². The van der Waals surface area contributed by atoms with E-state index in [-0.39, 0.29) is 30.1 Å². The average Bonchev–Trinajstić information content (AvgIpc) is 3.13. The topological polar surface area (TPSA) is 51.2 Å². The van der Waals surface area contributed by atoms with Gasteiger partial charge < -0.3 is 10.1 Å². The van der Waals surface area contributed by atoms with Gasteiger partial charge in [-0.25, -0.2) is 9.37 Å². The number of halogens is 2. The fraction of sp³-hybridized carbons (Fsp3) is 0.273. The maximum Gasteiger partial charge on any atom is 0.226 e. The zero-order chi connectivity index (χ0) is 20.8. The first-order chi connectivity index (χ1) is 13.9. The van der Waals surface area contributed by atoms with E-state index < -0.39 is 0 Å². The van der Waals surface area contributed by atoms with E-state index in [2.05, 4.69) is 10.3 Å². The quantitative estimate of drug-likeness (QED) is 0.506. The van der Waals surface area contributed by atoms with Crippen molar-refractivity contribution in [2.24, 2.45) is 5.92 Å². The van der Waals surface area contributed by atoms with Crippen LogP contribution in [0.15, 0.2) is 53.9 Å². The molecule has 3 aromatic rings. The van der Waals surface area contributed by atoms with Gasteiger partial charge in [-0.05, 0) is 47.9 Å². The average molecular weight is 433 g/mol. The number of nitrogens with one attached hydrogen (secondary N) is 1. The highest BCUT2D eigenvalue weighted by molar-refractivity contribution is 7.09. The third kappa shape index (κ3) is 6.27. The highest BCUT2D eigenvalue weighted by Gasteiger charge is 2.19. The van der Waals surface area contributed by atoms with Crippen LogP contribution in [0.25, 0.3) is 0 Å². The van der Waals surface area contributed by atoms with Crippen LogP contribution in [0.1, 0.15) is 36.2 Å². The van der Waals surface area contributed by atoms with Crippen LogP contribution >= 0.6 is 22.9 Å². The maximum absolute atomic E-state index is 13.2. The summed E-state index contributed by atoms with van der Waals surface area (Å²) in [6, 6.07) is 13.2. The molecule has 0 spiro atoms. The highest BCUT2D eigenvalue weighted by atomic mass is 35.5. The molecule has 0 saturated carbocycles. The van der Waals surface area contributed by atoms with E-state index in [4.69, 9.17) is 16.3 Å². The summed E-state index contributed by atoms with van der Waals surface area (Å²) in [5, 5.41) is 6.34. The Labute approximate surface area is 178 Å². The molecule has 4 nitrogen and oxygen atoms in total. The van der Waals surface area contributed by atoms with Crippen molar-refractivity contribution in [1.29, 1.82) is 0 Å². The molecule has 2 aromatic carbocycles. The monoisotopic (exact) mass is 432 g/mol. The van der Waals surface area contributed by atoms with Gasteiger partial charge >= 0.3 is 0 Å². The number of benzene rings is 2. The first kappa shape index (κ1) is 21.3. The second kappa shape index (κ2) is 9.85. The predicted molar refractivity (Wildman–Crippen MR) is 114 cm³/mol. The Kier molecular flexibility index (Phi) is 7.23. The summed E-state index contributed by atoms with van der Waals surface area (Å²) < 4.78 is 18.9. The Hall–Kier alpha value is -2.44. The van der Waals surface area contributed by atoms with Crippen LogP contribution in [0.2, 0.25) is 5.02 Å². The van der Waals surface area contributed by atoms with Gasteiger partial charge in [0.1, 0.15) is 23.2 Å². The molecule has 1 aromatic heterocycles. The second-order valence-electron chi connectivity index (χ2n) is 6.99. The summed E-state index contributed by atoms with van der Waals surface area (Å²) in [6.45, 7) is 4.37. The molecule has 1 amide bonds. The van der Waals surface area contributed by atoms with Gasteiger partial charge in [-0.15, -0.1) is 11.3 Å². The molecule has 0 aliphatic heterocycles. The largest absolute Gasteiger partial charge is 0.486 e. The fourth-order valence-corrected chi connectivity index (χ4v) is 3.70.